The van der Waals surface area contributed by atoms with Gasteiger partial charge in [0.15, 0.2) is 0 Å². The Balaban J connectivity index is 2.03. The van der Waals surface area contributed by atoms with Crippen LogP contribution in [-0.4, -0.2) is 12.6 Å². The molecular formula is C17H22BrNS. The molecular weight excluding hydrogens is 330 g/mol. The second kappa shape index (κ2) is 7.96. The van der Waals surface area contributed by atoms with E-state index in [1.807, 2.05) is 11.3 Å². The van der Waals surface area contributed by atoms with Gasteiger partial charge in [0.2, 0.25) is 0 Å². The summed E-state index contributed by atoms with van der Waals surface area (Å²) in [6.07, 6.45) is 2.35. The first-order valence-corrected chi connectivity index (χ1v) is 8.83. The molecule has 108 valence electrons. The Morgan fingerprint density at radius 2 is 2.05 bits per heavy atom. The normalized spacial score (nSPS) is 12.8. The standard InChI is InChI=1S/C17H22BrNS/c1-13(2)19-12-15(8-9-17-7-4-10-20-17)14-5-3-6-16(18)11-14/h3-7,10-11,13,15,19H,8-9,12H2,1-2H3. The van der Waals surface area contributed by atoms with Crippen molar-refractivity contribution in [3.63, 3.8) is 0 Å². The van der Waals surface area contributed by atoms with Gasteiger partial charge < -0.3 is 5.32 Å². The summed E-state index contributed by atoms with van der Waals surface area (Å²) in [5, 5.41) is 5.74. The van der Waals surface area contributed by atoms with E-state index < -0.39 is 0 Å². The molecule has 1 unspecified atom stereocenters. The first kappa shape index (κ1) is 15.7. The zero-order valence-electron chi connectivity index (χ0n) is 12.1. The van der Waals surface area contributed by atoms with Gasteiger partial charge in [-0.15, -0.1) is 11.3 Å². The highest BCUT2D eigenvalue weighted by molar-refractivity contribution is 9.10. The Morgan fingerprint density at radius 1 is 1.20 bits per heavy atom. The fourth-order valence-corrected chi connectivity index (χ4v) is 3.44. The number of hydrogen-bond donors (Lipinski definition) is 1. The number of halogens is 1. The molecule has 1 atom stereocenters. The Bertz CT molecular complexity index is 507. The van der Waals surface area contributed by atoms with E-state index in [-0.39, 0.29) is 0 Å². The van der Waals surface area contributed by atoms with Crippen molar-refractivity contribution >= 4 is 27.3 Å². The summed E-state index contributed by atoms with van der Waals surface area (Å²) in [5.74, 6) is 0.567. The molecule has 0 aliphatic heterocycles. The lowest BCUT2D eigenvalue weighted by molar-refractivity contribution is 0.509. The van der Waals surface area contributed by atoms with Crippen LogP contribution in [0.2, 0.25) is 0 Å². The summed E-state index contributed by atoms with van der Waals surface area (Å²) in [7, 11) is 0. The molecule has 20 heavy (non-hydrogen) atoms. The molecule has 0 aliphatic carbocycles. The molecule has 0 saturated carbocycles. The number of nitrogens with one attached hydrogen (secondary N) is 1. The van der Waals surface area contributed by atoms with Crippen molar-refractivity contribution in [2.45, 2.75) is 38.6 Å². The van der Waals surface area contributed by atoms with E-state index in [0.717, 1.165) is 13.0 Å². The number of benzene rings is 1. The van der Waals surface area contributed by atoms with Gasteiger partial charge in [0, 0.05) is 21.9 Å². The van der Waals surface area contributed by atoms with Crippen LogP contribution in [0.1, 0.15) is 36.6 Å². The molecule has 0 fully saturated rings. The predicted molar refractivity (Wildman–Crippen MR) is 92.7 cm³/mol. The number of thiophene rings is 1. The van der Waals surface area contributed by atoms with E-state index in [1.54, 1.807) is 0 Å². The SMILES string of the molecule is CC(C)NCC(CCc1cccs1)c1cccc(Br)c1. The maximum absolute atomic E-state index is 3.58. The van der Waals surface area contributed by atoms with Gasteiger partial charge >= 0.3 is 0 Å². The van der Waals surface area contributed by atoms with Gasteiger partial charge in [0.1, 0.15) is 0 Å². The van der Waals surface area contributed by atoms with Crippen LogP contribution in [0.5, 0.6) is 0 Å². The second-order valence-electron chi connectivity index (χ2n) is 5.43. The first-order valence-electron chi connectivity index (χ1n) is 7.16. The third-order valence-electron chi connectivity index (χ3n) is 3.41. The van der Waals surface area contributed by atoms with Crippen LogP contribution in [0.15, 0.2) is 46.3 Å². The molecule has 3 heteroatoms. The fourth-order valence-electron chi connectivity index (χ4n) is 2.30. The molecule has 0 spiro atoms. The van der Waals surface area contributed by atoms with Gasteiger partial charge in [0.05, 0.1) is 0 Å². The Morgan fingerprint density at radius 3 is 2.70 bits per heavy atom. The molecule has 2 aromatic rings. The Hall–Kier alpha value is -0.640. The van der Waals surface area contributed by atoms with Gasteiger partial charge in [-0.1, -0.05) is 48.0 Å². The van der Waals surface area contributed by atoms with Crippen molar-refractivity contribution in [3.05, 3.63) is 56.7 Å². The van der Waals surface area contributed by atoms with Crippen LogP contribution in [0.25, 0.3) is 0 Å². The average molecular weight is 352 g/mol. The summed E-state index contributed by atoms with van der Waals surface area (Å²) < 4.78 is 1.17. The minimum absolute atomic E-state index is 0.534. The summed E-state index contributed by atoms with van der Waals surface area (Å²) >= 11 is 5.44. The topological polar surface area (TPSA) is 12.0 Å². The van der Waals surface area contributed by atoms with Gasteiger partial charge in [-0.05, 0) is 47.9 Å². The molecule has 0 radical (unpaired) electrons. The lowest BCUT2D eigenvalue weighted by atomic mass is 9.93. The third kappa shape index (κ3) is 5.04. The maximum Gasteiger partial charge on any atom is 0.0178 e. The van der Waals surface area contributed by atoms with Crippen molar-refractivity contribution < 1.29 is 0 Å². The summed E-state index contributed by atoms with van der Waals surface area (Å²) in [6.45, 7) is 5.45. The largest absolute Gasteiger partial charge is 0.314 e. The molecule has 0 saturated heterocycles. The van der Waals surface area contributed by atoms with Gasteiger partial charge in [0.25, 0.3) is 0 Å². The summed E-state index contributed by atoms with van der Waals surface area (Å²) in [6, 6.07) is 13.6. The van der Waals surface area contributed by atoms with Crippen LogP contribution in [-0.2, 0) is 6.42 Å². The quantitative estimate of drug-likeness (QED) is 0.720. The van der Waals surface area contributed by atoms with Crippen LogP contribution in [0, 0.1) is 0 Å². The van der Waals surface area contributed by atoms with Crippen molar-refractivity contribution in [1.82, 2.24) is 5.32 Å². The first-order chi connectivity index (χ1) is 9.65. The van der Waals surface area contributed by atoms with Crippen LogP contribution < -0.4 is 5.32 Å². The maximum atomic E-state index is 3.58. The van der Waals surface area contributed by atoms with E-state index >= 15 is 0 Å². The molecule has 1 nitrogen and oxygen atoms in total. The number of rotatable bonds is 7. The molecule has 1 N–H and O–H groups in total. The zero-order chi connectivity index (χ0) is 14.4. The van der Waals surface area contributed by atoms with E-state index in [9.17, 15) is 0 Å². The minimum Gasteiger partial charge on any atom is -0.314 e. The molecule has 0 amide bonds. The lowest BCUT2D eigenvalue weighted by Crippen LogP contribution is -2.28. The molecule has 0 aliphatic rings. The van der Waals surface area contributed by atoms with Crippen LogP contribution in [0.3, 0.4) is 0 Å². The molecule has 1 aromatic heterocycles. The van der Waals surface area contributed by atoms with E-state index in [4.69, 9.17) is 0 Å². The number of aryl methyl sites for hydroxylation is 1. The van der Waals surface area contributed by atoms with Crippen molar-refractivity contribution in [2.75, 3.05) is 6.54 Å². The lowest BCUT2D eigenvalue weighted by Gasteiger charge is -2.20. The summed E-state index contributed by atoms with van der Waals surface area (Å²) in [5.41, 5.74) is 1.42. The fraction of sp³-hybridized carbons (Fsp3) is 0.412. The predicted octanol–water partition coefficient (Wildman–Crippen LogP) is 5.23. The van der Waals surface area contributed by atoms with Crippen LogP contribution >= 0.6 is 27.3 Å². The zero-order valence-corrected chi connectivity index (χ0v) is 14.5. The number of hydrogen-bond acceptors (Lipinski definition) is 2. The highest BCUT2D eigenvalue weighted by Crippen LogP contribution is 2.25. The molecule has 1 aromatic carbocycles. The van der Waals surface area contributed by atoms with Crippen molar-refractivity contribution in [3.8, 4) is 0 Å². The van der Waals surface area contributed by atoms with Gasteiger partial charge in [-0.3, -0.25) is 0 Å². The Kier molecular flexibility index (Phi) is 6.27. The third-order valence-corrected chi connectivity index (χ3v) is 4.84. The molecule has 0 bridgehead atoms. The highest BCUT2D eigenvalue weighted by Gasteiger charge is 2.13. The van der Waals surface area contributed by atoms with Gasteiger partial charge in [-0.25, -0.2) is 0 Å². The Labute approximate surface area is 134 Å². The minimum atomic E-state index is 0.534. The second-order valence-corrected chi connectivity index (χ2v) is 7.38. The van der Waals surface area contributed by atoms with Gasteiger partial charge in [-0.2, -0.15) is 0 Å². The van der Waals surface area contributed by atoms with E-state index in [1.165, 1.54) is 21.3 Å². The van der Waals surface area contributed by atoms with E-state index in [2.05, 4.69) is 76.9 Å². The van der Waals surface area contributed by atoms with E-state index in [0.29, 0.717) is 12.0 Å². The smallest absolute Gasteiger partial charge is 0.0178 e. The molecule has 2 rings (SSSR count). The average Bonchev–Trinajstić information content (AvgIpc) is 2.91. The highest BCUT2D eigenvalue weighted by atomic mass is 79.9. The monoisotopic (exact) mass is 351 g/mol. The molecule has 1 heterocycles. The van der Waals surface area contributed by atoms with Crippen LogP contribution in [0.4, 0.5) is 0 Å². The summed E-state index contributed by atoms with van der Waals surface area (Å²) in [4.78, 5) is 1.48. The van der Waals surface area contributed by atoms with Crippen molar-refractivity contribution in [2.24, 2.45) is 0 Å². The van der Waals surface area contributed by atoms with Crippen molar-refractivity contribution in [1.29, 1.82) is 0 Å².